The number of ether oxygens (including phenoxy) is 1. The lowest BCUT2D eigenvalue weighted by Crippen LogP contribution is -2.49. The minimum Gasteiger partial charge on any atom is -0.444 e. The number of benzene rings is 1. The van der Waals surface area contributed by atoms with E-state index in [4.69, 9.17) is 9.57 Å². The number of para-hydroxylation sites is 1. The minimum atomic E-state index is -0.258. The van der Waals surface area contributed by atoms with E-state index in [1.165, 1.54) is 0 Å². The fourth-order valence-electron chi connectivity index (χ4n) is 3.73. The Morgan fingerprint density at radius 3 is 3.10 bits per heavy atom. The Morgan fingerprint density at radius 2 is 2.24 bits per heavy atom. The molecule has 1 saturated heterocycles. The standard InChI is InChI=1S/C21H25BrN4O3/c22-20-10-18(29-25-20)13-23-12-17-6-3-4-8-26(17)21(27)28-14-15-9-16-5-1-2-7-19(16)24-11-15/h1-2,5,7,9-11,17-18,23,25H,3-4,6,8,12-14H2. The highest BCUT2D eigenvalue weighted by molar-refractivity contribution is 9.11. The third-order valence-electron chi connectivity index (χ3n) is 5.24. The van der Waals surface area contributed by atoms with Gasteiger partial charge in [-0.1, -0.05) is 18.2 Å². The molecule has 2 aliphatic heterocycles. The molecule has 29 heavy (non-hydrogen) atoms. The first-order valence-corrected chi connectivity index (χ1v) is 10.7. The third-order valence-corrected chi connectivity index (χ3v) is 5.66. The van der Waals surface area contributed by atoms with Crippen molar-refractivity contribution in [3.05, 3.63) is 52.8 Å². The number of pyridine rings is 1. The second-order valence-corrected chi connectivity index (χ2v) is 8.22. The van der Waals surface area contributed by atoms with Crippen molar-refractivity contribution in [2.24, 2.45) is 0 Å². The van der Waals surface area contributed by atoms with E-state index in [2.05, 4.69) is 31.7 Å². The number of piperidine rings is 1. The van der Waals surface area contributed by atoms with E-state index in [0.717, 1.165) is 53.4 Å². The topological polar surface area (TPSA) is 75.7 Å². The zero-order valence-corrected chi connectivity index (χ0v) is 17.7. The van der Waals surface area contributed by atoms with Crippen molar-refractivity contribution in [2.45, 2.75) is 38.0 Å². The summed E-state index contributed by atoms with van der Waals surface area (Å²) in [4.78, 5) is 24.4. The summed E-state index contributed by atoms with van der Waals surface area (Å²) < 4.78 is 6.45. The van der Waals surface area contributed by atoms with Gasteiger partial charge in [-0.25, -0.2) is 4.79 Å². The SMILES string of the molecule is O=C(OCc1cnc2ccccc2c1)N1CCCCC1CNCC1C=C(Br)NO1. The first-order chi connectivity index (χ1) is 14.2. The summed E-state index contributed by atoms with van der Waals surface area (Å²) >= 11 is 3.35. The lowest BCUT2D eigenvalue weighted by molar-refractivity contribution is 0.0430. The Bertz CT molecular complexity index is 891. The molecule has 1 aromatic carbocycles. The molecule has 0 saturated carbocycles. The number of likely N-dealkylation sites (tertiary alicyclic amines) is 1. The van der Waals surface area contributed by atoms with E-state index in [0.29, 0.717) is 6.54 Å². The average molecular weight is 461 g/mol. The maximum absolute atomic E-state index is 12.7. The van der Waals surface area contributed by atoms with Gasteiger partial charge in [-0.3, -0.25) is 15.3 Å². The Labute approximate surface area is 178 Å². The molecular weight excluding hydrogens is 436 g/mol. The van der Waals surface area contributed by atoms with Crippen LogP contribution in [0.5, 0.6) is 0 Å². The number of rotatable bonds is 6. The van der Waals surface area contributed by atoms with E-state index >= 15 is 0 Å². The lowest BCUT2D eigenvalue weighted by Gasteiger charge is -2.35. The molecule has 2 atom stereocenters. The minimum absolute atomic E-state index is 0.0197. The number of hydrogen-bond donors (Lipinski definition) is 2. The van der Waals surface area contributed by atoms with Crippen LogP contribution in [0.4, 0.5) is 4.79 Å². The number of aromatic nitrogens is 1. The first-order valence-electron chi connectivity index (χ1n) is 9.96. The van der Waals surface area contributed by atoms with Crippen LogP contribution in [-0.4, -0.2) is 47.8 Å². The normalized spacial score (nSPS) is 21.7. The van der Waals surface area contributed by atoms with Crippen LogP contribution in [0.2, 0.25) is 0 Å². The van der Waals surface area contributed by atoms with Crippen molar-refractivity contribution in [1.29, 1.82) is 0 Å². The van der Waals surface area contributed by atoms with Crippen LogP contribution in [0, 0.1) is 0 Å². The highest BCUT2D eigenvalue weighted by Gasteiger charge is 2.28. The first kappa shape index (κ1) is 20.1. The van der Waals surface area contributed by atoms with Gasteiger partial charge in [-0.05, 0) is 53.4 Å². The number of halogens is 1. The number of carbonyl (C=O) groups excluding carboxylic acids is 1. The van der Waals surface area contributed by atoms with Gasteiger partial charge in [-0.2, -0.15) is 0 Å². The van der Waals surface area contributed by atoms with Gasteiger partial charge in [0.2, 0.25) is 0 Å². The molecule has 1 aromatic heterocycles. The number of nitrogens with one attached hydrogen (secondary N) is 2. The van der Waals surface area contributed by atoms with Crippen LogP contribution < -0.4 is 10.8 Å². The highest BCUT2D eigenvalue weighted by atomic mass is 79.9. The second kappa shape index (κ2) is 9.56. The number of fused-ring (bicyclic) bond motifs is 1. The molecule has 154 valence electrons. The van der Waals surface area contributed by atoms with Crippen LogP contribution >= 0.6 is 15.9 Å². The van der Waals surface area contributed by atoms with E-state index < -0.39 is 0 Å². The summed E-state index contributed by atoms with van der Waals surface area (Å²) in [6.07, 6.45) is 6.57. The summed E-state index contributed by atoms with van der Waals surface area (Å²) in [5.41, 5.74) is 4.61. The molecule has 1 amide bonds. The summed E-state index contributed by atoms with van der Waals surface area (Å²) in [5.74, 6) is 0. The van der Waals surface area contributed by atoms with Gasteiger partial charge in [-0.15, -0.1) is 0 Å². The van der Waals surface area contributed by atoms with Gasteiger partial charge in [0.15, 0.2) is 0 Å². The largest absolute Gasteiger partial charge is 0.444 e. The van der Waals surface area contributed by atoms with Gasteiger partial charge in [0.1, 0.15) is 17.3 Å². The summed E-state index contributed by atoms with van der Waals surface area (Å²) in [7, 11) is 0. The summed E-state index contributed by atoms with van der Waals surface area (Å²) in [6.45, 7) is 2.37. The van der Waals surface area contributed by atoms with Gasteiger partial charge in [0.25, 0.3) is 0 Å². The zero-order valence-electron chi connectivity index (χ0n) is 16.1. The molecule has 0 bridgehead atoms. The smallest absolute Gasteiger partial charge is 0.410 e. The third kappa shape index (κ3) is 5.26. The van der Waals surface area contributed by atoms with E-state index in [1.807, 2.05) is 41.3 Å². The van der Waals surface area contributed by atoms with Gasteiger partial charge < -0.3 is 15.0 Å². The molecule has 2 unspecified atom stereocenters. The molecule has 1 fully saturated rings. The second-order valence-electron chi connectivity index (χ2n) is 7.37. The number of amides is 1. The molecule has 0 aliphatic carbocycles. The summed E-state index contributed by atoms with van der Waals surface area (Å²) in [5, 5.41) is 4.45. The fourth-order valence-corrected chi connectivity index (χ4v) is 4.12. The van der Waals surface area contributed by atoms with Crippen LogP contribution in [0.15, 0.2) is 47.2 Å². The Balaban J connectivity index is 1.29. The zero-order chi connectivity index (χ0) is 20.1. The molecule has 0 spiro atoms. The molecule has 4 rings (SSSR count). The van der Waals surface area contributed by atoms with E-state index in [9.17, 15) is 4.79 Å². The van der Waals surface area contributed by atoms with Gasteiger partial charge >= 0.3 is 6.09 Å². The Kier molecular flexibility index (Phi) is 6.63. The Hall–Kier alpha value is -2.16. The van der Waals surface area contributed by atoms with Crippen LogP contribution in [0.25, 0.3) is 10.9 Å². The molecule has 2 aromatic rings. The van der Waals surface area contributed by atoms with Crippen molar-refractivity contribution in [3.8, 4) is 0 Å². The van der Waals surface area contributed by atoms with Crippen molar-refractivity contribution in [3.63, 3.8) is 0 Å². The fraction of sp³-hybridized carbons (Fsp3) is 0.429. The maximum atomic E-state index is 12.7. The van der Waals surface area contributed by atoms with E-state index in [-0.39, 0.29) is 24.8 Å². The Morgan fingerprint density at radius 1 is 1.34 bits per heavy atom. The summed E-state index contributed by atoms with van der Waals surface area (Å²) in [6, 6.07) is 10.1. The molecule has 2 aliphatic rings. The molecule has 8 heteroatoms. The number of hydrogen-bond acceptors (Lipinski definition) is 6. The van der Waals surface area contributed by atoms with Gasteiger partial charge in [0, 0.05) is 42.8 Å². The van der Waals surface area contributed by atoms with Gasteiger partial charge in [0.05, 0.1) is 5.52 Å². The highest BCUT2D eigenvalue weighted by Crippen LogP contribution is 2.19. The molecule has 2 N–H and O–H groups in total. The van der Waals surface area contributed by atoms with Crippen LogP contribution in [0.1, 0.15) is 24.8 Å². The number of hydroxylamine groups is 1. The van der Waals surface area contributed by atoms with Crippen LogP contribution in [-0.2, 0) is 16.2 Å². The molecule has 3 heterocycles. The van der Waals surface area contributed by atoms with Crippen LogP contribution in [0.3, 0.4) is 0 Å². The van der Waals surface area contributed by atoms with Crippen molar-refractivity contribution in [2.75, 3.05) is 19.6 Å². The lowest BCUT2D eigenvalue weighted by atomic mass is 10.0. The molecular formula is C21H25BrN4O3. The molecule has 7 nitrogen and oxygen atoms in total. The maximum Gasteiger partial charge on any atom is 0.410 e. The monoisotopic (exact) mass is 460 g/mol. The average Bonchev–Trinajstić information content (AvgIpc) is 3.17. The number of nitrogens with zero attached hydrogens (tertiary/aromatic N) is 2. The van der Waals surface area contributed by atoms with Crippen molar-refractivity contribution in [1.82, 2.24) is 20.7 Å². The predicted molar refractivity (Wildman–Crippen MR) is 114 cm³/mol. The number of carbonyl (C=O) groups is 1. The van der Waals surface area contributed by atoms with Crippen molar-refractivity contribution < 1.29 is 14.4 Å². The molecule has 0 radical (unpaired) electrons. The van der Waals surface area contributed by atoms with E-state index in [1.54, 1.807) is 6.20 Å². The quantitative estimate of drug-likeness (QED) is 0.642. The predicted octanol–water partition coefficient (Wildman–Crippen LogP) is 3.46. The van der Waals surface area contributed by atoms with Crippen molar-refractivity contribution >= 4 is 32.9 Å².